The van der Waals surface area contributed by atoms with Gasteiger partial charge >= 0.3 is 0 Å². The lowest BCUT2D eigenvalue weighted by atomic mass is 10.1. The largest absolute Gasteiger partial charge is 0.324 e. The molecule has 14 heavy (non-hydrogen) atoms. The molecule has 0 spiro atoms. The van der Waals surface area contributed by atoms with Crippen LogP contribution in [0, 0.1) is 18.3 Å². The van der Waals surface area contributed by atoms with Crippen molar-refractivity contribution >= 4 is 5.69 Å². The van der Waals surface area contributed by atoms with Gasteiger partial charge in [-0.15, -0.1) is 6.42 Å². The van der Waals surface area contributed by atoms with E-state index in [0.29, 0.717) is 0 Å². The van der Waals surface area contributed by atoms with Gasteiger partial charge in [0.05, 0.1) is 5.92 Å². The fourth-order valence-corrected chi connectivity index (χ4v) is 1.37. The Hall–Kier alpha value is -1.94. The van der Waals surface area contributed by atoms with Gasteiger partial charge in [-0.25, -0.2) is 0 Å². The first-order valence-electron chi connectivity index (χ1n) is 4.56. The average Bonchev–Trinajstić information content (AvgIpc) is 2.30. The van der Waals surface area contributed by atoms with Gasteiger partial charge < -0.3 is 4.90 Å². The average molecular weight is 181 g/mol. The minimum atomic E-state index is 0.134. The molecular weight excluding hydrogens is 170 g/mol. The zero-order valence-corrected chi connectivity index (χ0v) is 7.80. The number of anilines is 1. The summed E-state index contributed by atoms with van der Waals surface area (Å²) in [5.74, 6) is 2.81. The molecule has 0 aromatic heterocycles. The third kappa shape index (κ3) is 1.70. The van der Waals surface area contributed by atoms with Gasteiger partial charge in [0.2, 0.25) is 0 Å². The summed E-state index contributed by atoms with van der Waals surface area (Å²) in [6.45, 7) is 0. The van der Waals surface area contributed by atoms with E-state index in [-0.39, 0.29) is 5.92 Å². The standard InChI is InChI=1S/C13H11N/c1-2-12-8-10-14(11-9-12)13-6-4-3-5-7-13/h1,3-12H. The van der Waals surface area contributed by atoms with E-state index >= 15 is 0 Å². The molecule has 0 saturated carbocycles. The third-order valence-electron chi connectivity index (χ3n) is 2.15. The van der Waals surface area contributed by atoms with Crippen LogP contribution in [0.25, 0.3) is 0 Å². The molecule has 0 unspecified atom stereocenters. The van der Waals surface area contributed by atoms with Crippen molar-refractivity contribution in [3.63, 3.8) is 0 Å². The first-order chi connectivity index (χ1) is 6.90. The summed E-state index contributed by atoms with van der Waals surface area (Å²) >= 11 is 0. The van der Waals surface area contributed by atoms with Crippen molar-refractivity contribution in [3.8, 4) is 12.3 Å². The first-order valence-corrected chi connectivity index (χ1v) is 4.56. The van der Waals surface area contributed by atoms with Gasteiger partial charge in [0.25, 0.3) is 0 Å². The topological polar surface area (TPSA) is 3.24 Å². The summed E-state index contributed by atoms with van der Waals surface area (Å²) in [5, 5.41) is 0. The predicted molar refractivity (Wildman–Crippen MR) is 59.5 cm³/mol. The second kappa shape index (κ2) is 3.85. The minimum absolute atomic E-state index is 0.134. The molecule has 0 saturated heterocycles. The molecule has 0 bridgehead atoms. The maximum absolute atomic E-state index is 5.32. The third-order valence-corrected chi connectivity index (χ3v) is 2.15. The Bertz CT molecular complexity index is 381. The van der Waals surface area contributed by atoms with E-state index in [4.69, 9.17) is 6.42 Å². The van der Waals surface area contributed by atoms with Crippen LogP contribution in [-0.4, -0.2) is 0 Å². The minimum Gasteiger partial charge on any atom is -0.324 e. The van der Waals surface area contributed by atoms with E-state index in [9.17, 15) is 0 Å². The van der Waals surface area contributed by atoms with Crippen molar-refractivity contribution in [2.45, 2.75) is 0 Å². The highest BCUT2D eigenvalue weighted by Crippen LogP contribution is 2.18. The Balaban J connectivity index is 2.18. The van der Waals surface area contributed by atoms with Crippen LogP contribution in [0.1, 0.15) is 0 Å². The summed E-state index contributed by atoms with van der Waals surface area (Å²) in [5.41, 5.74) is 1.15. The maximum Gasteiger partial charge on any atom is 0.0594 e. The van der Waals surface area contributed by atoms with Crippen molar-refractivity contribution in [3.05, 3.63) is 54.9 Å². The zero-order chi connectivity index (χ0) is 9.80. The number of nitrogens with zero attached hydrogens (tertiary/aromatic N) is 1. The van der Waals surface area contributed by atoms with Crippen LogP contribution in [0.3, 0.4) is 0 Å². The second-order valence-electron chi connectivity index (χ2n) is 3.12. The molecule has 1 aromatic rings. The fourth-order valence-electron chi connectivity index (χ4n) is 1.37. The van der Waals surface area contributed by atoms with Crippen molar-refractivity contribution in [1.29, 1.82) is 0 Å². The molecule has 1 aliphatic rings. The maximum atomic E-state index is 5.32. The molecule has 2 rings (SSSR count). The van der Waals surface area contributed by atoms with Crippen molar-refractivity contribution in [2.75, 3.05) is 4.90 Å². The molecule has 0 N–H and O–H groups in total. The molecule has 0 amide bonds. The van der Waals surface area contributed by atoms with Gasteiger partial charge in [0.1, 0.15) is 0 Å². The lowest BCUT2D eigenvalue weighted by Gasteiger charge is -2.19. The molecule has 1 heteroatoms. The Morgan fingerprint density at radius 2 is 1.71 bits per heavy atom. The van der Waals surface area contributed by atoms with Crippen molar-refractivity contribution in [1.82, 2.24) is 0 Å². The molecule has 1 heterocycles. The summed E-state index contributed by atoms with van der Waals surface area (Å²) < 4.78 is 0. The lowest BCUT2D eigenvalue weighted by Crippen LogP contribution is -2.11. The summed E-state index contributed by atoms with van der Waals surface area (Å²) in [7, 11) is 0. The van der Waals surface area contributed by atoms with Crippen LogP contribution in [0.15, 0.2) is 54.9 Å². The molecule has 0 aliphatic carbocycles. The molecule has 0 radical (unpaired) electrons. The fraction of sp³-hybridized carbons (Fsp3) is 0.0769. The number of rotatable bonds is 1. The van der Waals surface area contributed by atoms with E-state index in [0.717, 1.165) is 5.69 Å². The van der Waals surface area contributed by atoms with Crippen molar-refractivity contribution < 1.29 is 0 Å². The second-order valence-corrected chi connectivity index (χ2v) is 3.12. The van der Waals surface area contributed by atoms with Crippen LogP contribution in [0.2, 0.25) is 0 Å². The number of para-hydroxylation sites is 1. The van der Waals surface area contributed by atoms with Crippen LogP contribution < -0.4 is 4.90 Å². The van der Waals surface area contributed by atoms with Gasteiger partial charge in [-0.2, -0.15) is 0 Å². The summed E-state index contributed by atoms with van der Waals surface area (Å²) in [4.78, 5) is 2.05. The summed E-state index contributed by atoms with van der Waals surface area (Å²) in [6.07, 6.45) is 13.3. The monoisotopic (exact) mass is 181 g/mol. The van der Waals surface area contributed by atoms with E-state index in [1.807, 2.05) is 47.7 Å². The van der Waals surface area contributed by atoms with Crippen LogP contribution in [-0.2, 0) is 0 Å². The molecule has 1 aromatic carbocycles. The molecule has 0 fully saturated rings. The molecule has 1 aliphatic heterocycles. The normalized spacial score (nSPS) is 15.5. The zero-order valence-electron chi connectivity index (χ0n) is 7.80. The van der Waals surface area contributed by atoms with Gasteiger partial charge in [-0.3, -0.25) is 0 Å². The molecule has 1 nitrogen and oxygen atoms in total. The number of allylic oxidation sites excluding steroid dienone is 2. The van der Waals surface area contributed by atoms with E-state index < -0.39 is 0 Å². The molecule has 68 valence electrons. The van der Waals surface area contributed by atoms with Crippen LogP contribution in [0.5, 0.6) is 0 Å². The van der Waals surface area contributed by atoms with Gasteiger partial charge in [-0.05, 0) is 24.3 Å². The number of hydrogen-bond acceptors (Lipinski definition) is 1. The van der Waals surface area contributed by atoms with E-state index in [1.165, 1.54) is 0 Å². The first kappa shape index (κ1) is 8.65. The number of terminal acetylenes is 1. The Morgan fingerprint density at radius 1 is 1.07 bits per heavy atom. The highest BCUT2D eigenvalue weighted by atomic mass is 15.1. The Labute approximate surface area is 84.4 Å². The Kier molecular flexibility index (Phi) is 2.38. The van der Waals surface area contributed by atoms with E-state index in [1.54, 1.807) is 0 Å². The molecule has 0 atom stereocenters. The van der Waals surface area contributed by atoms with Gasteiger partial charge in [-0.1, -0.05) is 24.1 Å². The summed E-state index contributed by atoms with van der Waals surface area (Å²) in [6, 6.07) is 10.2. The number of benzene rings is 1. The smallest absolute Gasteiger partial charge is 0.0594 e. The SMILES string of the molecule is C#CC1C=CN(c2ccccc2)C=C1. The van der Waals surface area contributed by atoms with Crippen LogP contribution >= 0.6 is 0 Å². The predicted octanol–water partition coefficient (Wildman–Crippen LogP) is 2.78. The highest BCUT2D eigenvalue weighted by Gasteiger charge is 2.04. The highest BCUT2D eigenvalue weighted by molar-refractivity contribution is 5.53. The quantitative estimate of drug-likeness (QED) is 0.602. The van der Waals surface area contributed by atoms with Gasteiger partial charge in [0, 0.05) is 18.1 Å². The van der Waals surface area contributed by atoms with E-state index in [2.05, 4.69) is 18.1 Å². The van der Waals surface area contributed by atoms with Crippen molar-refractivity contribution in [2.24, 2.45) is 5.92 Å². The lowest BCUT2D eigenvalue weighted by molar-refractivity contribution is 1.05. The Morgan fingerprint density at radius 3 is 2.29 bits per heavy atom. The van der Waals surface area contributed by atoms with Gasteiger partial charge in [0.15, 0.2) is 0 Å². The number of hydrogen-bond donors (Lipinski definition) is 0. The van der Waals surface area contributed by atoms with Crippen LogP contribution in [0.4, 0.5) is 5.69 Å². The molecular formula is C13H11N.